The number of hydrogen-bond acceptors (Lipinski definition) is 1. The summed E-state index contributed by atoms with van der Waals surface area (Å²) in [5.41, 5.74) is 0.928. The van der Waals surface area contributed by atoms with Gasteiger partial charge in [-0.25, -0.2) is 0 Å². The normalized spacial score (nSPS) is 49.2. The average molecular weight is 218 g/mol. The van der Waals surface area contributed by atoms with E-state index in [1.807, 2.05) is 6.08 Å². The Balaban J connectivity index is 1.91. The minimum absolute atomic E-state index is 0.330. The maximum atomic E-state index is 11.3. The van der Waals surface area contributed by atoms with Crippen LogP contribution in [0.3, 0.4) is 0 Å². The van der Waals surface area contributed by atoms with Gasteiger partial charge in [0.05, 0.1) is 0 Å². The second-order valence-electron chi connectivity index (χ2n) is 6.89. The van der Waals surface area contributed by atoms with Gasteiger partial charge < -0.3 is 0 Å². The third-order valence-corrected chi connectivity index (χ3v) is 6.12. The van der Waals surface area contributed by atoms with Crippen molar-refractivity contribution in [3.8, 4) is 0 Å². The maximum absolute atomic E-state index is 11.3. The first kappa shape index (κ1) is 10.6. The summed E-state index contributed by atoms with van der Waals surface area (Å²) in [6.07, 6.45) is 8.75. The first-order chi connectivity index (χ1) is 7.46. The SMILES string of the molecule is CC1C2CC(CC13C=CC(=O)CC3)C2(C)C. The molecule has 0 aromatic heterocycles. The van der Waals surface area contributed by atoms with Crippen molar-refractivity contribution in [2.24, 2.45) is 28.6 Å². The van der Waals surface area contributed by atoms with E-state index in [0.717, 1.165) is 30.6 Å². The van der Waals surface area contributed by atoms with Gasteiger partial charge in [0.25, 0.3) is 0 Å². The molecule has 4 atom stereocenters. The Hall–Kier alpha value is -0.590. The summed E-state index contributed by atoms with van der Waals surface area (Å²) in [6, 6.07) is 0. The van der Waals surface area contributed by atoms with Gasteiger partial charge in [-0.3, -0.25) is 4.79 Å². The number of allylic oxidation sites excluding steroid dienone is 2. The van der Waals surface area contributed by atoms with Gasteiger partial charge in [-0.05, 0) is 53.9 Å². The molecule has 0 aromatic rings. The molecule has 0 aromatic carbocycles. The van der Waals surface area contributed by atoms with Crippen LogP contribution >= 0.6 is 0 Å². The summed E-state index contributed by atoms with van der Waals surface area (Å²) in [5, 5.41) is 0. The predicted octanol–water partition coefficient (Wildman–Crippen LogP) is 3.59. The first-order valence-electron chi connectivity index (χ1n) is 6.68. The molecule has 88 valence electrons. The highest BCUT2D eigenvalue weighted by atomic mass is 16.1. The molecular weight excluding hydrogens is 196 g/mol. The Morgan fingerprint density at radius 2 is 2.12 bits per heavy atom. The van der Waals surface area contributed by atoms with E-state index < -0.39 is 0 Å². The monoisotopic (exact) mass is 218 g/mol. The molecule has 4 unspecified atom stereocenters. The maximum Gasteiger partial charge on any atom is 0.155 e. The van der Waals surface area contributed by atoms with Crippen LogP contribution in [0.2, 0.25) is 0 Å². The van der Waals surface area contributed by atoms with E-state index in [9.17, 15) is 4.79 Å². The molecule has 0 saturated heterocycles. The van der Waals surface area contributed by atoms with Crippen LogP contribution in [-0.4, -0.2) is 5.78 Å². The highest BCUT2D eigenvalue weighted by molar-refractivity contribution is 5.90. The van der Waals surface area contributed by atoms with Gasteiger partial charge in [-0.2, -0.15) is 0 Å². The van der Waals surface area contributed by atoms with Crippen molar-refractivity contribution >= 4 is 5.78 Å². The van der Waals surface area contributed by atoms with E-state index in [4.69, 9.17) is 0 Å². The molecular formula is C15H22O. The molecule has 4 aliphatic carbocycles. The van der Waals surface area contributed by atoms with Crippen LogP contribution in [0, 0.1) is 28.6 Å². The summed E-state index contributed by atoms with van der Waals surface area (Å²) in [7, 11) is 0. The van der Waals surface area contributed by atoms with Crippen molar-refractivity contribution in [3.05, 3.63) is 12.2 Å². The van der Waals surface area contributed by atoms with Crippen LogP contribution in [0.25, 0.3) is 0 Å². The second-order valence-corrected chi connectivity index (χ2v) is 6.89. The Morgan fingerprint density at radius 3 is 2.62 bits per heavy atom. The van der Waals surface area contributed by atoms with E-state index in [2.05, 4.69) is 26.8 Å². The van der Waals surface area contributed by atoms with Gasteiger partial charge in [-0.1, -0.05) is 26.8 Å². The van der Waals surface area contributed by atoms with Crippen molar-refractivity contribution in [1.82, 2.24) is 0 Å². The van der Waals surface area contributed by atoms with Gasteiger partial charge in [0.2, 0.25) is 0 Å². The molecule has 16 heavy (non-hydrogen) atoms. The molecule has 0 amide bonds. The molecule has 0 heterocycles. The average Bonchev–Trinajstić information content (AvgIpc) is 2.25. The highest BCUT2D eigenvalue weighted by Crippen LogP contribution is 2.68. The third kappa shape index (κ3) is 1.15. The van der Waals surface area contributed by atoms with Gasteiger partial charge in [0.1, 0.15) is 0 Å². The molecule has 3 fully saturated rings. The quantitative estimate of drug-likeness (QED) is 0.607. The molecule has 4 rings (SSSR count). The Bertz CT molecular complexity index is 366. The minimum Gasteiger partial charge on any atom is -0.295 e. The second kappa shape index (κ2) is 3.00. The van der Waals surface area contributed by atoms with Crippen molar-refractivity contribution in [2.75, 3.05) is 0 Å². The zero-order valence-electron chi connectivity index (χ0n) is 10.6. The van der Waals surface area contributed by atoms with Crippen LogP contribution in [-0.2, 0) is 4.79 Å². The lowest BCUT2D eigenvalue weighted by atomic mass is 9.39. The van der Waals surface area contributed by atoms with Crippen LogP contribution in [0.1, 0.15) is 46.5 Å². The van der Waals surface area contributed by atoms with Gasteiger partial charge in [-0.15, -0.1) is 0 Å². The molecule has 0 aliphatic heterocycles. The van der Waals surface area contributed by atoms with Gasteiger partial charge in [0, 0.05) is 6.42 Å². The van der Waals surface area contributed by atoms with Gasteiger partial charge >= 0.3 is 0 Å². The van der Waals surface area contributed by atoms with Crippen LogP contribution in [0.15, 0.2) is 12.2 Å². The molecule has 4 aliphatic rings. The summed E-state index contributed by atoms with van der Waals surface area (Å²) in [4.78, 5) is 11.3. The molecule has 0 N–H and O–H groups in total. The fraction of sp³-hybridized carbons (Fsp3) is 0.800. The lowest BCUT2D eigenvalue weighted by Crippen LogP contribution is -2.59. The van der Waals surface area contributed by atoms with E-state index in [1.165, 1.54) is 12.8 Å². The summed E-state index contributed by atoms with van der Waals surface area (Å²) in [6.45, 7) is 7.29. The van der Waals surface area contributed by atoms with Gasteiger partial charge in [0.15, 0.2) is 5.78 Å². The number of carbonyl (C=O) groups is 1. The number of carbonyl (C=O) groups excluding carboxylic acids is 1. The Kier molecular flexibility index (Phi) is 1.98. The van der Waals surface area contributed by atoms with E-state index >= 15 is 0 Å². The fourth-order valence-corrected chi connectivity index (χ4v) is 4.63. The van der Waals surface area contributed by atoms with Crippen LogP contribution in [0.5, 0.6) is 0 Å². The zero-order chi connectivity index (χ0) is 11.6. The summed E-state index contributed by atoms with van der Waals surface area (Å²) >= 11 is 0. The Morgan fingerprint density at radius 1 is 1.38 bits per heavy atom. The predicted molar refractivity (Wildman–Crippen MR) is 65.0 cm³/mol. The standard InChI is InChI=1S/C15H22O/c1-10-13-8-11(14(13,2)3)9-15(10)6-4-12(16)5-7-15/h4,6,10-11,13H,5,7-9H2,1-3H3. The number of ketones is 1. The third-order valence-electron chi connectivity index (χ3n) is 6.12. The van der Waals surface area contributed by atoms with Crippen molar-refractivity contribution in [1.29, 1.82) is 0 Å². The molecule has 1 heteroatoms. The largest absolute Gasteiger partial charge is 0.295 e. The molecule has 3 saturated carbocycles. The highest BCUT2D eigenvalue weighted by Gasteiger charge is 2.60. The van der Waals surface area contributed by atoms with Crippen molar-refractivity contribution in [2.45, 2.75) is 46.5 Å². The lowest BCUT2D eigenvalue weighted by Gasteiger charge is -2.66. The topological polar surface area (TPSA) is 17.1 Å². The van der Waals surface area contributed by atoms with E-state index in [0.29, 0.717) is 16.6 Å². The first-order valence-corrected chi connectivity index (χ1v) is 6.68. The summed E-state index contributed by atoms with van der Waals surface area (Å²) < 4.78 is 0. The summed E-state index contributed by atoms with van der Waals surface area (Å²) in [5.74, 6) is 2.86. The minimum atomic E-state index is 0.330. The molecule has 2 bridgehead atoms. The van der Waals surface area contributed by atoms with E-state index in [-0.39, 0.29) is 0 Å². The molecule has 0 radical (unpaired) electrons. The Labute approximate surface area is 98.3 Å². The van der Waals surface area contributed by atoms with Crippen LogP contribution < -0.4 is 0 Å². The van der Waals surface area contributed by atoms with Crippen molar-refractivity contribution < 1.29 is 4.79 Å². The molecule has 1 nitrogen and oxygen atoms in total. The number of hydrogen-bond donors (Lipinski definition) is 0. The zero-order valence-corrected chi connectivity index (χ0v) is 10.6. The van der Waals surface area contributed by atoms with Crippen molar-refractivity contribution in [3.63, 3.8) is 0 Å². The smallest absolute Gasteiger partial charge is 0.155 e. The molecule has 1 spiro atoms. The van der Waals surface area contributed by atoms with E-state index in [1.54, 1.807) is 0 Å². The number of rotatable bonds is 0. The fourth-order valence-electron chi connectivity index (χ4n) is 4.63. The van der Waals surface area contributed by atoms with Crippen LogP contribution in [0.4, 0.5) is 0 Å². The lowest BCUT2D eigenvalue weighted by molar-refractivity contribution is -0.158.